The van der Waals surface area contributed by atoms with Crippen LogP contribution >= 0.6 is 0 Å². The minimum absolute atomic E-state index is 0.0632. The average Bonchev–Trinajstić information content (AvgIpc) is 3.74. The van der Waals surface area contributed by atoms with Crippen molar-refractivity contribution < 1.29 is 38.4 Å². The number of anilines is 1. The molecule has 11 nitrogen and oxygen atoms in total. The number of unbranched alkanes of at least 4 members (excludes halogenated alkanes) is 1. The Morgan fingerprint density at radius 2 is 2.00 bits per heavy atom. The third-order valence-electron chi connectivity index (χ3n) is 8.47. The first-order chi connectivity index (χ1) is 20.2. The van der Waals surface area contributed by atoms with E-state index >= 15 is 0 Å². The highest BCUT2D eigenvalue weighted by Gasteiger charge is 2.51. The van der Waals surface area contributed by atoms with Crippen LogP contribution in [0.4, 0.5) is 5.69 Å². The number of aromatic nitrogens is 1. The first kappa shape index (κ1) is 30.1. The van der Waals surface area contributed by atoms with E-state index in [4.69, 9.17) is 23.7 Å². The van der Waals surface area contributed by atoms with Gasteiger partial charge in [-0.25, -0.2) is 0 Å². The highest BCUT2D eigenvalue weighted by molar-refractivity contribution is 5.94. The monoisotopic (exact) mass is 583 g/mol. The van der Waals surface area contributed by atoms with Crippen molar-refractivity contribution in [3.63, 3.8) is 0 Å². The van der Waals surface area contributed by atoms with Gasteiger partial charge in [0.15, 0.2) is 17.8 Å². The zero-order chi connectivity index (χ0) is 29.9. The zero-order valence-electron chi connectivity index (χ0n) is 24.8. The number of hydrogen-bond donors (Lipinski definition) is 1. The molecule has 0 radical (unpaired) electrons. The van der Waals surface area contributed by atoms with E-state index in [0.29, 0.717) is 50.0 Å². The van der Waals surface area contributed by atoms with E-state index in [-0.39, 0.29) is 19.2 Å². The van der Waals surface area contributed by atoms with E-state index in [1.54, 1.807) is 24.4 Å². The number of benzene rings is 1. The van der Waals surface area contributed by atoms with Crippen LogP contribution < -0.4 is 19.1 Å². The van der Waals surface area contributed by atoms with Crippen LogP contribution in [-0.2, 0) is 19.1 Å². The molecule has 1 amide bonds. The molecule has 0 unspecified atom stereocenters. The molecule has 42 heavy (non-hydrogen) atoms. The summed E-state index contributed by atoms with van der Waals surface area (Å²) in [5, 5.41) is 10.7. The Morgan fingerprint density at radius 3 is 2.67 bits per heavy atom. The van der Waals surface area contributed by atoms with Crippen molar-refractivity contribution in [2.45, 2.75) is 58.3 Å². The third-order valence-corrected chi connectivity index (χ3v) is 8.47. The Bertz CT molecular complexity index is 1250. The zero-order valence-corrected chi connectivity index (χ0v) is 24.8. The summed E-state index contributed by atoms with van der Waals surface area (Å²) in [7, 11) is 1.55. The number of likely N-dealkylation sites (tertiary alicyclic amines) is 1. The lowest BCUT2D eigenvalue weighted by Crippen LogP contribution is -2.47. The first-order valence-electron chi connectivity index (χ1n) is 14.6. The van der Waals surface area contributed by atoms with Crippen LogP contribution in [-0.4, -0.2) is 85.9 Å². The number of carboxylic acid groups (broad SMARTS) is 1. The molecule has 228 valence electrons. The number of ether oxygens (including phenoxy) is 5. The summed E-state index contributed by atoms with van der Waals surface area (Å²) in [4.78, 5) is 35.0. The number of rotatable bonds is 12. The second-order valence-electron chi connectivity index (χ2n) is 11.8. The quantitative estimate of drug-likeness (QED) is 0.394. The Balaban J connectivity index is 1.49. The molecule has 1 aromatic carbocycles. The lowest BCUT2D eigenvalue weighted by atomic mass is 9.77. The molecule has 1 aromatic heterocycles. The lowest BCUT2D eigenvalue weighted by Gasteiger charge is -2.37. The number of pyridine rings is 1. The highest BCUT2D eigenvalue weighted by atomic mass is 16.7. The van der Waals surface area contributed by atoms with Crippen molar-refractivity contribution in [1.82, 2.24) is 9.88 Å². The average molecular weight is 584 g/mol. The molecule has 0 bridgehead atoms. The summed E-state index contributed by atoms with van der Waals surface area (Å²) < 4.78 is 28.5. The molecule has 3 aliphatic rings. The Hall–Kier alpha value is -3.41. The van der Waals surface area contributed by atoms with Crippen LogP contribution in [0.2, 0.25) is 0 Å². The Labute approximate surface area is 246 Å². The number of carboxylic acids is 1. The maximum Gasteiger partial charge on any atom is 0.308 e. The summed E-state index contributed by atoms with van der Waals surface area (Å²) in [6.07, 6.45) is 5.15. The van der Waals surface area contributed by atoms with Gasteiger partial charge in [-0.2, -0.15) is 0 Å². The fourth-order valence-corrected chi connectivity index (χ4v) is 6.38. The molecule has 3 aliphatic heterocycles. The van der Waals surface area contributed by atoms with Gasteiger partial charge in [-0.15, -0.1) is 0 Å². The van der Waals surface area contributed by atoms with Gasteiger partial charge >= 0.3 is 5.97 Å². The number of hydrogen-bond acceptors (Lipinski definition) is 9. The second kappa shape index (κ2) is 12.8. The molecule has 0 saturated carbocycles. The number of carbonyl (C=O) groups excluding carboxylic acids is 1. The SMILES string of the molecule is CCCCN(C(=O)CN1C[C@H](c2cc(OC)c3c(c2)OCO3)[C@@H](C(=O)O)[C@@H]1CC(C)(C)C1OCCO1)c1cccnc1. The minimum atomic E-state index is -0.921. The molecule has 11 heteroatoms. The van der Waals surface area contributed by atoms with Gasteiger partial charge in [-0.1, -0.05) is 27.2 Å². The summed E-state index contributed by atoms with van der Waals surface area (Å²) in [5.41, 5.74) is 0.999. The first-order valence-corrected chi connectivity index (χ1v) is 14.6. The van der Waals surface area contributed by atoms with Crippen molar-refractivity contribution in [2.24, 2.45) is 11.3 Å². The normalized spacial score (nSPS) is 22.4. The third kappa shape index (κ3) is 6.18. The minimum Gasteiger partial charge on any atom is -0.493 e. The van der Waals surface area contributed by atoms with E-state index in [1.807, 2.05) is 43.0 Å². The predicted octanol–water partition coefficient (Wildman–Crippen LogP) is 3.91. The van der Waals surface area contributed by atoms with Gasteiger partial charge in [-0.05, 0) is 42.7 Å². The molecule has 2 aromatic rings. The fraction of sp³-hybridized carbons (Fsp3) is 0.581. The van der Waals surface area contributed by atoms with Gasteiger partial charge in [0.1, 0.15) is 0 Å². The van der Waals surface area contributed by atoms with E-state index in [0.717, 1.165) is 24.1 Å². The van der Waals surface area contributed by atoms with Gasteiger partial charge in [0.05, 0.1) is 44.7 Å². The Kier molecular flexibility index (Phi) is 9.19. The Morgan fingerprint density at radius 1 is 1.21 bits per heavy atom. The van der Waals surface area contributed by atoms with E-state index in [2.05, 4.69) is 11.9 Å². The van der Waals surface area contributed by atoms with Crippen molar-refractivity contribution in [1.29, 1.82) is 0 Å². The summed E-state index contributed by atoms with van der Waals surface area (Å²) in [5.74, 6) is -0.718. The highest BCUT2D eigenvalue weighted by Crippen LogP contribution is 2.48. The molecule has 5 rings (SSSR count). The molecule has 2 fully saturated rings. The topological polar surface area (TPSA) is 120 Å². The van der Waals surface area contributed by atoms with Gasteiger partial charge in [0.2, 0.25) is 18.4 Å². The number of amides is 1. The summed E-state index contributed by atoms with van der Waals surface area (Å²) in [6.45, 7) is 8.20. The molecule has 0 spiro atoms. The fourth-order valence-electron chi connectivity index (χ4n) is 6.38. The molecular weight excluding hydrogens is 542 g/mol. The van der Waals surface area contributed by atoms with E-state index in [9.17, 15) is 14.7 Å². The lowest BCUT2D eigenvalue weighted by molar-refractivity contribution is -0.147. The number of aliphatic carboxylic acids is 1. The molecule has 3 atom stereocenters. The van der Waals surface area contributed by atoms with Gasteiger partial charge in [-0.3, -0.25) is 19.5 Å². The number of nitrogens with zero attached hydrogens (tertiary/aromatic N) is 3. The van der Waals surface area contributed by atoms with Gasteiger partial charge < -0.3 is 33.7 Å². The summed E-state index contributed by atoms with van der Waals surface area (Å²) >= 11 is 0. The predicted molar refractivity (Wildman–Crippen MR) is 154 cm³/mol. The molecule has 1 N–H and O–H groups in total. The maximum atomic E-state index is 13.9. The van der Waals surface area contributed by atoms with Crippen molar-refractivity contribution in [3.8, 4) is 17.2 Å². The standard InChI is InChI=1S/C31H41N3O8/c1-5-6-10-34(21-8-7-9-32-16-21)26(35)18-33-17-22(20-13-24(38-4)28-25(14-20)41-19-42-28)27(29(36)37)23(33)15-31(2,3)30-39-11-12-40-30/h7-9,13-14,16,22-23,27,30H,5-6,10-12,15,17-19H2,1-4H3,(H,36,37)/t22-,23+,27-/m1/s1. The molecular formula is C31H41N3O8. The van der Waals surface area contributed by atoms with Crippen LogP contribution in [0.25, 0.3) is 0 Å². The van der Waals surface area contributed by atoms with Crippen LogP contribution in [0.1, 0.15) is 51.5 Å². The molecule has 4 heterocycles. The number of carbonyl (C=O) groups is 2. The second-order valence-corrected chi connectivity index (χ2v) is 11.8. The van der Waals surface area contributed by atoms with E-state index < -0.39 is 35.6 Å². The smallest absolute Gasteiger partial charge is 0.308 e. The van der Waals surface area contributed by atoms with Crippen molar-refractivity contribution in [2.75, 3.05) is 51.7 Å². The largest absolute Gasteiger partial charge is 0.493 e. The molecule has 0 aliphatic carbocycles. The maximum absolute atomic E-state index is 13.9. The van der Waals surface area contributed by atoms with Crippen LogP contribution in [0.5, 0.6) is 17.2 Å². The van der Waals surface area contributed by atoms with Crippen LogP contribution in [0, 0.1) is 11.3 Å². The number of fused-ring (bicyclic) bond motifs is 1. The molecule has 2 saturated heterocycles. The van der Waals surface area contributed by atoms with Crippen LogP contribution in [0.3, 0.4) is 0 Å². The van der Waals surface area contributed by atoms with Gasteiger partial charge in [0, 0.05) is 36.7 Å². The summed E-state index contributed by atoms with van der Waals surface area (Å²) in [6, 6.07) is 6.90. The van der Waals surface area contributed by atoms with Gasteiger partial charge in [0.25, 0.3) is 0 Å². The van der Waals surface area contributed by atoms with Crippen molar-refractivity contribution >= 4 is 17.6 Å². The number of methoxy groups -OCH3 is 1. The van der Waals surface area contributed by atoms with Crippen LogP contribution in [0.15, 0.2) is 36.7 Å². The van der Waals surface area contributed by atoms with E-state index in [1.165, 1.54) is 0 Å². The van der Waals surface area contributed by atoms with Crippen molar-refractivity contribution in [3.05, 3.63) is 42.2 Å².